The maximum absolute atomic E-state index is 10.7. The predicted octanol–water partition coefficient (Wildman–Crippen LogP) is 1.78. The lowest BCUT2D eigenvalue weighted by Gasteiger charge is -2.33. The van der Waals surface area contributed by atoms with Crippen molar-refractivity contribution in [3.63, 3.8) is 0 Å². The largest absolute Gasteiger partial charge is 0.372 e. The third-order valence-corrected chi connectivity index (χ3v) is 4.29. The molecule has 2 aromatic rings. The number of fused-ring (bicyclic) bond motifs is 2. The fourth-order valence-corrected chi connectivity index (χ4v) is 3.27. The number of aromatic nitrogens is 1. The molecule has 4 heteroatoms. The molecule has 1 unspecified atom stereocenters. The molecule has 0 saturated carbocycles. The number of benzene rings is 1. The number of likely N-dealkylation sites (N-methyl/N-ethyl adjacent to an activating group) is 1. The van der Waals surface area contributed by atoms with Crippen molar-refractivity contribution >= 4 is 10.9 Å². The van der Waals surface area contributed by atoms with Gasteiger partial charge in [-0.3, -0.25) is 10.7 Å². The van der Waals surface area contributed by atoms with E-state index in [0.29, 0.717) is 6.42 Å². The van der Waals surface area contributed by atoms with E-state index in [9.17, 15) is 5.11 Å². The molecule has 0 aliphatic heterocycles. The predicted molar refractivity (Wildman–Crippen MR) is 85.0 cm³/mol. The van der Waals surface area contributed by atoms with Crippen LogP contribution < -0.4 is 5.73 Å². The first-order chi connectivity index (χ1) is 9.99. The second kappa shape index (κ2) is 5.37. The van der Waals surface area contributed by atoms with E-state index in [1.165, 1.54) is 0 Å². The molecular formula is C17H23N3O. The van der Waals surface area contributed by atoms with Gasteiger partial charge in [-0.15, -0.1) is 0 Å². The lowest BCUT2D eigenvalue weighted by Crippen LogP contribution is -2.41. The van der Waals surface area contributed by atoms with Gasteiger partial charge < -0.3 is 10.0 Å². The summed E-state index contributed by atoms with van der Waals surface area (Å²) in [5.41, 5.74) is 8.95. The summed E-state index contributed by atoms with van der Waals surface area (Å²) in [5.74, 6) is 0. The molecule has 1 heterocycles. The number of aliphatic hydroxyl groups is 1. The second-order valence-corrected chi connectivity index (χ2v) is 6.26. The summed E-state index contributed by atoms with van der Waals surface area (Å²) in [6, 6.07) is 8.15. The van der Waals surface area contributed by atoms with Crippen LogP contribution in [0.25, 0.3) is 10.9 Å². The summed E-state index contributed by atoms with van der Waals surface area (Å²) in [5, 5.41) is 11.8. The van der Waals surface area contributed by atoms with Gasteiger partial charge in [0.2, 0.25) is 0 Å². The lowest BCUT2D eigenvalue weighted by atomic mass is 9.83. The Balaban J connectivity index is 2.23. The van der Waals surface area contributed by atoms with Gasteiger partial charge in [-0.05, 0) is 51.4 Å². The Morgan fingerprint density at radius 2 is 2.10 bits per heavy atom. The molecule has 0 fully saturated rings. The van der Waals surface area contributed by atoms with Crippen molar-refractivity contribution in [1.29, 1.82) is 0 Å². The van der Waals surface area contributed by atoms with Gasteiger partial charge in [-0.2, -0.15) is 0 Å². The molecule has 1 aromatic heterocycles. The van der Waals surface area contributed by atoms with E-state index in [2.05, 4.69) is 25.1 Å². The van der Waals surface area contributed by atoms with Crippen LogP contribution in [-0.2, 0) is 18.6 Å². The highest BCUT2D eigenvalue weighted by Gasteiger charge is 2.34. The average Bonchev–Trinajstić information content (AvgIpc) is 2.43. The molecule has 0 bridgehead atoms. The zero-order valence-electron chi connectivity index (χ0n) is 12.8. The van der Waals surface area contributed by atoms with E-state index in [1.54, 1.807) is 0 Å². The number of hydrogen-bond donors (Lipinski definition) is 2. The molecule has 1 aliphatic carbocycles. The highest BCUT2D eigenvalue weighted by molar-refractivity contribution is 5.84. The molecule has 112 valence electrons. The van der Waals surface area contributed by atoms with Crippen molar-refractivity contribution in [2.24, 2.45) is 5.73 Å². The van der Waals surface area contributed by atoms with Gasteiger partial charge >= 0.3 is 0 Å². The van der Waals surface area contributed by atoms with Crippen LogP contribution in [0.5, 0.6) is 0 Å². The van der Waals surface area contributed by atoms with Gasteiger partial charge in [-0.25, -0.2) is 0 Å². The van der Waals surface area contributed by atoms with Crippen LogP contribution in [0.2, 0.25) is 0 Å². The van der Waals surface area contributed by atoms with E-state index in [-0.39, 0.29) is 0 Å². The maximum atomic E-state index is 10.7. The number of hydrogen-bond acceptors (Lipinski definition) is 4. The highest BCUT2D eigenvalue weighted by atomic mass is 16.3. The van der Waals surface area contributed by atoms with Crippen LogP contribution in [-0.4, -0.2) is 35.6 Å². The molecule has 3 N–H and O–H groups in total. The summed E-state index contributed by atoms with van der Waals surface area (Å²) in [7, 11) is 4.12. The van der Waals surface area contributed by atoms with E-state index < -0.39 is 5.72 Å². The second-order valence-electron chi connectivity index (χ2n) is 6.26. The van der Waals surface area contributed by atoms with Crippen LogP contribution >= 0.6 is 0 Å². The normalized spacial score (nSPS) is 21.8. The molecule has 0 spiro atoms. The minimum absolute atomic E-state index is 0.606. The fourth-order valence-electron chi connectivity index (χ4n) is 3.27. The number of aryl methyl sites for hydroxylation is 1. The number of para-hydroxylation sites is 1. The molecular weight excluding hydrogens is 262 g/mol. The Kier molecular flexibility index (Phi) is 3.69. The number of pyridine rings is 1. The third-order valence-electron chi connectivity index (χ3n) is 4.29. The Morgan fingerprint density at radius 3 is 2.86 bits per heavy atom. The monoisotopic (exact) mass is 285 g/mol. The first kappa shape index (κ1) is 14.4. The van der Waals surface area contributed by atoms with Gasteiger partial charge in [0.15, 0.2) is 0 Å². The maximum Gasteiger partial charge on any atom is 0.141 e. The van der Waals surface area contributed by atoms with Gasteiger partial charge in [0.05, 0.1) is 5.52 Å². The standard InChI is InChI=1S/C17H23N3O/c1-20(2)11-9-13-12-6-3-4-7-14(12)19-15-8-5-10-17(18,21)16(13)15/h3-4,6-7,21H,5,8-11,18H2,1-2H3. The van der Waals surface area contributed by atoms with Gasteiger partial charge in [0.25, 0.3) is 0 Å². The van der Waals surface area contributed by atoms with Crippen LogP contribution in [0, 0.1) is 0 Å². The molecule has 3 rings (SSSR count). The summed E-state index contributed by atoms with van der Waals surface area (Å²) in [4.78, 5) is 6.90. The van der Waals surface area contributed by atoms with Crippen LogP contribution in [0.1, 0.15) is 29.7 Å². The molecule has 0 radical (unpaired) electrons. The van der Waals surface area contributed by atoms with Gasteiger partial charge in [0.1, 0.15) is 5.72 Å². The summed E-state index contributed by atoms with van der Waals surface area (Å²) in [6.45, 7) is 0.927. The minimum Gasteiger partial charge on any atom is -0.372 e. The molecule has 0 saturated heterocycles. The SMILES string of the molecule is CN(C)CCc1c2c(nc3ccccc13)CCCC2(N)O. The zero-order chi connectivity index (χ0) is 15.0. The van der Waals surface area contributed by atoms with Crippen molar-refractivity contribution in [1.82, 2.24) is 9.88 Å². The smallest absolute Gasteiger partial charge is 0.141 e. The summed E-state index contributed by atoms with van der Waals surface area (Å²) < 4.78 is 0. The first-order valence-electron chi connectivity index (χ1n) is 7.56. The molecule has 4 nitrogen and oxygen atoms in total. The molecule has 1 aromatic carbocycles. The van der Waals surface area contributed by atoms with Crippen LogP contribution in [0.15, 0.2) is 24.3 Å². The van der Waals surface area contributed by atoms with Gasteiger partial charge in [0, 0.05) is 23.2 Å². The molecule has 1 atom stereocenters. The van der Waals surface area contributed by atoms with Crippen molar-refractivity contribution in [3.8, 4) is 0 Å². The minimum atomic E-state index is -1.24. The fraction of sp³-hybridized carbons (Fsp3) is 0.471. The summed E-state index contributed by atoms with van der Waals surface area (Å²) in [6.07, 6.45) is 3.26. The Hall–Kier alpha value is -1.49. The van der Waals surface area contributed by atoms with Crippen LogP contribution in [0.4, 0.5) is 0 Å². The van der Waals surface area contributed by atoms with E-state index in [4.69, 9.17) is 10.7 Å². The van der Waals surface area contributed by atoms with Gasteiger partial charge in [-0.1, -0.05) is 18.2 Å². The molecule has 1 aliphatic rings. The zero-order valence-corrected chi connectivity index (χ0v) is 12.8. The Labute approximate surface area is 125 Å². The lowest BCUT2D eigenvalue weighted by molar-refractivity contribution is 0.0239. The van der Waals surface area contributed by atoms with E-state index in [0.717, 1.165) is 53.5 Å². The van der Waals surface area contributed by atoms with Crippen molar-refractivity contribution in [3.05, 3.63) is 41.1 Å². The van der Waals surface area contributed by atoms with Crippen molar-refractivity contribution < 1.29 is 5.11 Å². The topological polar surface area (TPSA) is 62.4 Å². The number of rotatable bonds is 3. The highest BCUT2D eigenvalue weighted by Crippen LogP contribution is 2.36. The first-order valence-corrected chi connectivity index (χ1v) is 7.56. The number of nitrogens with two attached hydrogens (primary N) is 1. The quantitative estimate of drug-likeness (QED) is 0.844. The Bertz CT molecular complexity index is 664. The third kappa shape index (κ3) is 2.67. The molecule has 21 heavy (non-hydrogen) atoms. The van der Waals surface area contributed by atoms with Crippen molar-refractivity contribution in [2.45, 2.75) is 31.4 Å². The number of nitrogens with zero attached hydrogens (tertiary/aromatic N) is 2. The van der Waals surface area contributed by atoms with Crippen molar-refractivity contribution in [2.75, 3.05) is 20.6 Å². The van der Waals surface area contributed by atoms with E-state index >= 15 is 0 Å². The molecule has 0 amide bonds. The Morgan fingerprint density at radius 1 is 1.33 bits per heavy atom. The average molecular weight is 285 g/mol. The summed E-state index contributed by atoms with van der Waals surface area (Å²) >= 11 is 0. The van der Waals surface area contributed by atoms with Crippen LogP contribution in [0.3, 0.4) is 0 Å². The van der Waals surface area contributed by atoms with E-state index in [1.807, 2.05) is 18.2 Å².